The lowest BCUT2D eigenvalue weighted by Crippen LogP contribution is -2.24. The smallest absolute Gasteiger partial charge is 0.224 e. The van der Waals surface area contributed by atoms with Crippen LogP contribution in [0.4, 0.5) is 5.69 Å². The lowest BCUT2D eigenvalue weighted by atomic mass is 10.1. The number of hydrogen-bond donors (Lipinski definition) is 2. The molecular weight excluding hydrogens is 342 g/mol. The van der Waals surface area contributed by atoms with E-state index in [0.29, 0.717) is 19.5 Å². The zero-order valence-corrected chi connectivity index (χ0v) is 15.1. The van der Waals surface area contributed by atoms with Crippen molar-refractivity contribution < 1.29 is 9.59 Å². The van der Waals surface area contributed by atoms with E-state index in [1.165, 1.54) is 13.3 Å². The normalized spacial score (nSPS) is 10.4. The summed E-state index contributed by atoms with van der Waals surface area (Å²) in [7, 11) is 0. The minimum absolute atomic E-state index is 0.0473. The van der Waals surface area contributed by atoms with Crippen molar-refractivity contribution in [1.29, 1.82) is 0 Å². The fraction of sp³-hybridized carbons (Fsp3) is 0.200. The summed E-state index contributed by atoms with van der Waals surface area (Å²) in [6, 6.07) is 15.3. The minimum atomic E-state index is -0.118. The summed E-state index contributed by atoms with van der Waals surface area (Å²) in [6.45, 7) is 2.61. The van der Waals surface area contributed by atoms with Crippen molar-refractivity contribution in [3.05, 3.63) is 77.9 Å². The molecular formula is C20H21N5O2. The second kappa shape index (κ2) is 8.75. The molecule has 0 aliphatic carbocycles. The summed E-state index contributed by atoms with van der Waals surface area (Å²) < 4.78 is 1.76. The van der Waals surface area contributed by atoms with Gasteiger partial charge >= 0.3 is 0 Å². The predicted octanol–water partition coefficient (Wildman–Crippen LogP) is 2.14. The van der Waals surface area contributed by atoms with Crippen LogP contribution in [0.1, 0.15) is 23.6 Å². The SMILES string of the molecule is CC(=O)Nc1ccc(CC(=O)NCc2ccc(Cn3cncn3)cc2)cc1. The van der Waals surface area contributed by atoms with E-state index in [1.807, 2.05) is 36.4 Å². The van der Waals surface area contributed by atoms with Crippen LogP contribution in [0.5, 0.6) is 0 Å². The molecule has 0 atom stereocenters. The summed E-state index contributed by atoms with van der Waals surface area (Å²) in [5.41, 5.74) is 3.77. The highest BCUT2D eigenvalue weighted by Crippen LogP contribution is 2.10. The van der Waals surface area contributed by atoms with E-state index in [1.54, 1.807) is 23.1 Å². The molecule has 138 valence electrons. The first-order chi connectivity index (χ1) is 13.1. The van der Waals surface area contributed by atoms with Crippen molar-refractivity contribution in [2.75, 3.05) is 5.32 Å². The van der Waals surface area contributed by atoms with Gasteiger partial charge < -0.3 is 10.6 Å². The van der Waals surface area contributed by atoms with Crippen LogP contribution in [0.15, 0.2) is 61.2 Å². The maximum atomic E-state index is 12.1. The molecule has 1 aromatic heterocycles. The molecule has 0 aliphatic heterocycles. The van der Waals surface area contributed by atoms with Crippen LogP contribution >= 0.6 is 0 Å². The summed E-state index contributed by atoms with van der Waals surface area (Å²) in [4.78, 5) is 27.1. The predicted molar refractivity (Wildman–Crippen MR) is 102 cm³/mol. The van der Waals surface area contributed by atoms with Gasteiger partial charge in [-0.15, -0.1) is 0 Å². The summed E-state index contributed by atoms with van der Waals surface area (Å²) in [6.07, 6.45) is 3.48. The molecule has 3 rings (SSSR count). The zero-order valence-electron chi connectivity index (χ0n) is 15.1. The number of rotatable bonds is 7. The fourth-order valence-corrected chi connectivity index (χ4v) is 2.62. The molecule has 0 saturated carbocycles. The van der Waals surface area contributed by atoms with Gasteiger partial charge in [0, 0.05) is 19.2 Å². The molecule has 0 radical (unpaired) electrons. The van der Waals surface area contributed by atoms with Crippen LogP contribution < -0.4 is 10.6 Å². The van der Waals surface area contributed by atoms with Gasteiger partial charge in [-0.1, -0.05) is 36.4 Å². The van der Waals surface area contributed by atoms with Gasteiger partial charge in [0.15, 0.2) is 0 Å². The van der Waals surface area contributed by atoms with E-state index in [9.17, 15) is 9.59 Å². The minimum Gasteiger partial charge on any atom is -0.352 e. The van der Waals surface area contributed by atoms with Gasteiger partial charge in [0.2, 0.25) is 11.8 Å². The molecule has 2 amide bonds. The van der Waals surface area contributed by atoms with E-state index in [2.05, 4.69) is 20.7 Å². The van der Waals surface area contributed by atoms with E-state index in [4.69, 9.17) is 0 Å². The van der Waals surface area contributed by atoms with Gasteiger partial charge in [-0.3, -0.25) is 9.59 Å². The van der Waals surface area contributed by atoms with Gasteiger partial charge in [-0.05, 0) is 28.8 Å². The molecule has 7 nitrogen and oxygen atoms in total. The highest BCUT2D eigenvalue weighted by atomic mass is 16.2. The Morgan fingerprint density at radius 3 is 2.26 bits per heavy atom. The fourth-order valence-electron chi connectivity index (χ4n) is 2.62. The van der Waals surface area contributed by atoms with E-state index < -0.39 is 0 Å². The number of nitrogens with zero attached hydrogens (tertiary/aromatic N) is 3. The van der Waals surface area contributed by atoms with Gasteiger partial charge in [0.05, 0.1) is 13.0 Å². The molecule has 7 heteroatoms. The third-order valence-corrected chi connectivity index (χ3v) is 3.96. The maximum absolute atomic E-state index is 12.1. The molecule has 0 fully saturated rings. The topological polar surface area (TPSA) is 88.9 Å². The number of carbonyl (C=O) groups excluding carboxylic acids is 2. The maximum Gasteiger partial charge on any atom is 0.224 e. The van der Waals surface area contributed by atoms with Crippen LogP contribution in [0.25, 0.3) is 0 Å². The summed E-state index contributed by atoms with van der Waals surface area (Å²) in [5.74, 6) is -0.165. The number of amides is 2. The monoisotopic (exact) mass is 363 g/mol. The average Bonchev–Trinajstić information content (AvgIpc) is 3.15. The van der Waals surface area contributed by atoms with E-state index >= 15 is 0 Å². The Labute approximate surface area is 157 Å². The van der Waals surface area contributed by atoms with Crippen molar-refractivity contribution >= 4 is 17.5 Å². The Bertz CT molecular complexity index is 887. The number of anilines is 1. The van der Waals surface area contributed by atoms with Gasteiger partial charge in [-0.2, -0.15) is 5.10 Å². The lowest BCUT2D eigenvalue weighted by molar-refractivity contribution is -0.120. The third-order valence-electron chi connectivity index (χ3n) is 3.96. The third kappa shape index (κ3) is 5.78. The summed E-state index contributed by atoms with van der Waals surface area (Å²) >= 11 is 0. The second-order valence-corrected chi connectivity index (χ2v) is 6.24. The van der Waals surface area contributed by atoms with Gasteiger partial charge in [0.25, 0.3) is 0 Å². The molecule has 0 bridgehead atoms. The number of nitrogens with one attached hydrogen (secondary N) is 2. The van der Waals surface area contributed by atoms with Crippen molar-refractivity contribution in [2.45, 2.75) is 26.4 Å². The molecule has 0 spiro atoms. The van der Waals surface area contributed by atoms with Gasteiger partial charge in [-0.25, -0.2) is 9.67 Å². The Balaban J connectivity index is 1.46. The van der Waals surface area contributed by atoms with Crippen molar-refractivity contribution in [3.63, 3.8) is 0 Å². The highest BCUT2D eigenvalue weighted by molar-refractivity contribution is 5.88. The molecule has 2 N–H and O–H groups in total. The Morgan fingerprint density at radius 1 is 0.963 bits per heavy atom. The molecule has 2 aromatic carbocycles. The second-order valence-electron chi connectivity index (χ2n) is 6.24. The first-order valence-corrected chi connectivity index (χ1v) is 8.62. The van der Waals surface area contributed by atoms with Crippen molar-refractivity contribution in [3.8, 4) is 0 Å². The average molecular weight is 363 g/mol. The number of aromatic nitrogens is 3. The Morgan fingerprint density at radius 2 is 1.63 bits per heavy atom. The zero-order chi connectivity index (χ0) is 19.1. The largest absolute Gasteiger partial charge is 0.352 e. The standard InChI is InChI=1S/C20H21N5O2/c1-15(26)24-19-8-6-16(7-9-19)10-20(27)22-11-17-2-4-18(5-3-17)12-25-14-21-13-23-25/h2-9,13-14H,10-12H2,1H3,(H,22,27)(H,24,26). The quantitative estimate of drug-likeness (QED) is 0.673. The number of carbonyl (C=O) groups is 2. The Hall–Kier alpha value is -3.48. The van der Waals surface area contributed by atoms with Crippen LogP contribution in [0, 0.1) is 0 Å². The lowest BCUT2D eigenvalue weighted by Gasteiger charge is -2.08. The van der Waals surface area contributed by atoms with E-state index in [-0.39, 0.29) is 11.8 Å². The van der Waals surface area contributed by atoms with E-state index in [0.717, 1.165) is 22.4 Å². The molecule has 1 heterocycles. The van der Waals surface area contributed by atoms with Crippen LogP contribution in [0.3, 0.4) is 0 Å². The number of hydrogen-bond acceptors (Lipinski definition) is 4. The highest BCUT2D eigenvalue weighted by Gasteiger charge is 2.04. The summed E-state index contributed by atoms with van der Waals surface area (Å²) in [5, 5.41) is 9.71. The first kappa shape index (κ1) is 18.3. The van der Waals surface area contributed by atoms with Crippen molar-refractivity contribution in [2.24, 2.45) is 0 Å². The molecule has 3 aromatic rings. The van der Waals surface area contributed by atoms with Crippen LogP contribution in [-0.2, 0) is 29.1 Å². The molecule has 0 unspecified atom stereocenters. The molecule has 0 saturated heterocycles. The van der Waals surface area contributed by atoms with Crippen molar-refractivity contribution in [1.82, 2.24) is 20.1 Å². The molecule has 27 heavy (non-hydrogen) atoms. The first-order valence-electron chi connectivity index (χ1n) is 8.62. The number of benzene rings is 2. The molecule has 0 aliphatic rings. The van der Waals surface area contributed by atoms with Gasteiger partial charge in [0.1, 0.15) is 12.7 Å². The van der Waals surface area contributed by atoms with Crippen LogP contribution in [-0.4, -0.2) is 26.6 Å². The van der Waals surface area contributed by atoms with Crippen LogP contribution in [0.2, 0.25) is 0 Å². The Kier molecular flexibility index (Phi) is 5.94.